The van der Waals surface area contributed by atoms with Gasteiger partial charge in [0.2, 0.25) is 5.83 Å². The minimum Gasteiger partial charge on any atom is -0.460 e. The van der Waals surface area contributed by atoms with Gasteiger partial charge in [0.1, 0.15) is 17.9 Å². The third-order valence-electron chi connectivity index (χ3n) is 4.13. The van der Waals surface area contributed by atoms with Crippen molar-refractivity contribution in [1.29, 1.82) is 0 Å². The second kappa shape index (κ2) is 7.93. The van der Waals surface area contributed by atoms with Crippen molar-refractivity contribution in [2.75, 3.05) is 0 Å². The lowest BCUT2D eigenvalue weighted by Gasteiger charge is -2.19. The van der Waals surface area contributed by atoms with Crippen LogP contribution in [0.15, 0.2) is 24.2 Å². The van der Waals surface area contributed by atoms with E-state index >= 15 is 0 Å². The minimum atomic E-state index is -4.69. The molecule has 0 aromatic carbocycles. The van der Waals surface area contributed by atoms with Crippen LogP contribution >= 0.6 is 0 Å². The van der Waals surface area contributed by atoms with Gasteiger partial charge in [-0.2, -0.15) is 17.6 Å². The van der Waals surface area contributed by atoms with Crippen LogP contribution in [-0.4, -0.2) is 22.1 Å². The molecule has 9 heteroatoms. The van der Waals surface area contributed by atoms with Gasteiger partial charge in [-0.15, -0.1) is 6.42 Å². The molecule has 1 fully saturated rings. The Morgan fingerprint density at radius 2 is 1.93 bits per heavy atom. The molecule has 5 nitrogen and oxygen atoms in total. The number of nitrogens with zero attached hydrogens (tertiary/aromatic N) is 1. The average molecular weight is 415 g/mol. The predicted octanol–water partition coefficient (Wildman–Crippen LogP) is 4.16. The first-order chi connectivity index (χ1) is 13.3. The number of carbonyl (C=O) groups is 2. The Bertz CT molecular complexity index is 865. The molecule has 1 heterocycles. The molecule has 0 unspecified atom stereocenters. The number of aromatic nitrogens is 1. The van der Waals surface area contributed by atoms with E-state index in [0.717, 1.165) is 22.9 Å². The third kappa shape index (κ3) is 5.62. The van der Waals surface area contributed by atoms with Crippen molar-refractivity contribution in [3.8, 4) is 12.3 Å². The van der Waals surface area contributed by atoms with E-state index in [9.17, 15) is 27.2 Å². The van der Waals surface area contributed by atoms with Crippen molar-refractivity contribution < 1.29 is 36.6 Å². The Morgan fingerprint density at radius 1 is 1.31 bits per heavy atom. The van der Waals surface area contributed by atoms with Gasteiger partial charge in [0, 0.05) is 11.8 Å². The molecule has 1 aliphatic carbocycles. The number of alkyl halides is 3. The molecule has 0 N–H and O–H groups in total. The number of ether oxygens (including phenoxy) is 2. The van der Waals surface area contributed by atoms with Gasteiger partial charge in [0.15, 0.2) is 0 Å². The van der Waals surface area contributed by atoms with Gasteiger partial charge in [-0.05, 0) is 45.8 Å². The lowest BCUT2D eigenvalue weighted by molar-refractivity contribution is -0.153. The molecule has 1 aromatic rings. The zero-order chi connectivity index (χ0) is 22.0. The van der Waals surface area contributed by atoms with Crippen molar-refractivity contribution in [2.45, 2.75) is 58.5 Å². The van der Waals surface area contributed by atoms with Crippen molar-refractivity contribution >= 4 is 11.9 Å². The highest BCUT2D eigenvalue weighted by Crippen LogP contribution is 2.49. The quantitative estimate of drug-likeness (QED) is 0.303. The molecule has 0 bridgehead atoms. The van der Waals surface area contributed by atoms with Gasteiger partial charge in [-0.1, -0.05) is 5.92 Å². The smallest absolute Gasteiger partial charge is 0.431 e. The maximum Gasteiger partial charge on any atom is 0.431 e. The molecule has 0 saturated heterocycles. The van der Waals surface area contributed by atoms with Crippen LogP contribution in [0.4, 0.5) is 17.6 Å². The summed E-state index contributed by atoms with van der Waals surface area (Å²) in [5, 5.41) is 0. The van der Waals surface area contributed by atoms with E-state index in [1.165, 1.54) is 0 Å². The molecule has 1 aliphatic rings. The molecule has 29 heavy (non-hydrogen) atoms. The highest BCUT2D eigenvalue weighted by molar-refractivity contribution is 5.89. The van der Waals surface area contributed by atoms with Crippen molar-refractivity contribution in [3.05, 3.63) is 35.4 Å². The number of esters is 2. The Labute approximate surface area is 165 Å². The number of carbonyl (C=O) groups excluding carboxylic acids is 2. The maximum atomic E-state index is 14.1. The van der Waals surface area contributed by atoms with Crippen molar-refractivity contribution in [3.63, 3.8) is 0 Å². The monoisotopic (exact) mass is 415 g/mol. The Hall–Kier alpha value is -2.76. The van der Waals surface area contributed by atoms with Crippen LogP contribution in [0.3, 0.4) is 0 Å². The fourth-order valence-electron chi connectivity index (χ4n) is 2.67. The van der Waals surface area contributed by atoms with E-state index in [4.69, 9.17) is 15.9 Å². The summed E-state index contributed by atoms with van der Waals surface area (Å²) in [6.07, 6.45) is 2.78. The van der Waals surface area contributed by atoms with Crippen molar-refractivity contribution in [2.24, 2.45) is 5.41 Å². The molecule has 0 atom stereocenters. The summed E-state index contributed by atoms with van der Waals surface area (Å²) in [4.78, 5) is 24.1. The molecular weight excluding hydrogens is 394 g/mol. The van der Waals surface area contributed by atoms with Gasteiger partial charge in [0.05, 0.1) is 12.0 Å². The maximum absolute atomic E-state index is 14.1. The van der Waals surface area contributed by atoms with Gasteiger partial charge < -0.3 is 14.0 Å². The summed E-state index contributed by atoms with van der Waals surface area (Å²) in [6.45, 7) is 3.73. The lowest BCUT2D eigenvalue weighted by Crippen LogP contribution is -2.25. The summed E-state index contributed by atoms with van der Waals surface area (Å²) in [5.41, 5.74) is -3.57. The topological polar surface area (TPSA) is 57.5 Å². The summed E-state index contributed by atoms with van der Waals surface area (Å²) >= 11 is 0. The summed E-state index contributed by atoms with van der Waals surface area (Å²) < 4.78 is 64.7. The summed E-state index contributed by atoms with van der Waals surface area (Å²) in [7, 11) is 0. The molecule has 1 saturated carbocycles. The summed E-state index contributed by atoms with van der Waals surface area (Å²) in [6, 6.07) is 1.16. The van der Waals surface area contributed by atoms with E-state index in [1.54, 1.807) is 20.8 Å². The van der Waals surface area contributed by atoms with Gasteiger partial charge in [-0.25, -0.2) is 4.79 Å². The van der Waals surface area contributed by atoms with Crippen LogP contribution in [0.1, 0.15) is 44.9 Å². The molecule has 158 valence electrons. The van der Waals surface area contributed by atoms with E-state index in [-0.39, 0.29) is 24.9 Å². The Kier molecular flexibility index (Phi) is 6.16. The second-order valence-corrected chi connectivity index (χ2v) is 7.75. The van der Waals surface area contributed by atoms with Crippen molar-refractivity contribution in [1.82, 2.24) is 4.57 Å². The second-order valence-electron chi connectivity index (χ2n) is 7.75. The van der Waals surface area contributed by atoms with Gasteiger partial charge in [-0.3, -0.25) is 4.79 Å². The standard InChI is InChI=1S/C20H21F4NO4/c1-5-9-25-10-6-13(15(25)20(22,23)24)12-28-17(27)19(7-8-19)11-14(21)16(26)29-18(2,3)4/h1,6,10-11H,7-9,12H2,2-4H3/b14-11-. The minimum absolute atomic E-state index is 0.215. The average Bonchev–Trinajstić information content (AvgIpc) is 3.23. The highest BCUT2D eigenvalue weighted by atomic mass is 19.4. The first-order valence-corrected chi connectivity index (χ1v) is 8.77. The van der Waals surface area contributed by atoms with Crippen LogP contribution in [0.2, 0.25) is 0 Å². The fourth-order valence-corrected chi connectivity index (χ4v) is 2.67. The van der Waals surface area contributed by atoms with Crippen LogP contribution in [0.25, 0.3) is 0 Å². The first kappa shape index (κ1) is 22.5. The third-order valence-corrected chi connectivity index (χ3v) is 4.13. The van der Waals surface area contributed by atoms with E-state index < -0.39 is 47.3 Å². The molecule has 0 radical (unpaired) electrons. The number of hydrogen-bond acceptors (Lipinski definition) is 4. The zero-order valence-electron chi connectivity index (χ0n) is 16.2. The molecule has 2 rings (SSSR count). The number of terminal acetylenes is 1. The largest absolute Gasteiger partial charge is 0.460 e. The zero-order valence-corrected chi connectivity index (χ0v) is 16.2. The Morgan fingerprint density at radius 3 is 2.41 bits per heavy atom. The Balaban J connectivity index is 2.11. The number of rotatable bonds is 6. The SMILES string of the molecule is C#CCn1ccc(COC(=O)C2(/C=C(\F)C(=O)OC(C)(C)C)CC2)c1C(F)(F)F. The van der Waals surface area contributed by atoms with E-state index in [0.29, 0.717) is 0 Å². The van der Waals surface area contributed by atoms with Gasteiger partial charge >= 0.3 is 18.1 Å². The molecular formula is C20H21F4NO4. The van der Waals surface area contributed by atoms with Gasteiger partial charge in [0.25, 0.3) is 0 Å². The normalized spacial score (nSPS) is 16.1. The lowest BCUT2D eigenvalue weighted by atomic mass is 10.1. The van der Waals surface area contributed by atoms with Crippen LogP contribution in [-0.2, 0) is 38.4 Å². The summed E-state index contributed by atoms with van der Waals surface area (Å²) in [5.74, 6) is -1.25. The van der Waals surface area contributed by atoms with Crippen LogP contribution in [0, 0.1) is 17.8 Å². The number of hydrogen-bond donors (Lipinski definition) is 0. The van der Waals surface area contributed by atoms with Crippen LogP contribution in [0.5, 0.6) is 0 Å². The van der Waals surface area contributed by atoms with Crippen LogP contribution < -0.4 is 0 Å². The van der Waals surface area contributed by atoms with E-state index in [1.807, 2.05) is 0 Å². The molecule has 0 aliphatic heterocycles. The molecule has 1 aromatic heterocycles. The predicted molar refractivity (Wildman–Crippen MR) is 94.8 cm³/mol. The highest BCUT2D eigenvalue weighted by Gasteiger charge is 2.51. The number of halogens is 4. The fraction of sp³-hybridized carbons (Fsp3) is 0.500. The van der Waals surface area contributed by atoms with E-state index in [2.05, 4.69) is 5.92 Å². The first-order valence-electron chi connectivity index (χ1n) is 8.77. The molecule has 0 spiro atoms. The molecule has 0 amide bonds.